The predicted octanol–water partition coefficient (Wildman–Crippen LogP) is 4.72. The molecule has 38 heavy (non-hydrogen) atoms. The molecule has 4 heterocycles. The lowest BCUT2D eigenvalue weighted by Crippen LogP contribution is -2.43. The van der Waals surface area contributed by atoms with Gasteiger partial charge in [-0.1, -0.05) is 30.3 Å². The van der Waals surface area contributed by atoms with E-state index >= 15 is 0 Å². The lowest BCUT2D eigenvalue weighted by atomic mass is 10.1. The SMILES string of the molecule is CC1CN(c2nnc(N3CCOC(C)C3)c3cc(-c4ccc(OCc5ccccc5)cc4)ncc23)CCO1. The average molecular weight is 512 g/mol. The van der Waals surface area contributed by atoms with Crippen LogP contribution in [0.1, 0.15) is 19.4 Å². The predicted molar refractivity (Wildman–Crippen MR) is 149 cm³/mol. The van der Waals surface area contributed by atoms with Gasteiger partial charge in [-0.3, -0.25) is 4.98 Å². The number of aromatic nitrogens is 3. The summed E-state index contributed by atoms with van der Waals surface area (Å²) < 4.78 is 17.5. The molecule has 2 aliphatic heterocycles. The minimum Gasteiger partial charge on any atom is -0.489 e. The molecular formula is C30H33N5O3. The second-order valence-corrected chi connectivity index (χ2v) is 10.0. The van der Waals surface area contributed by atoms with Crippen LogP contribution in [0, 0.1) is 0 Å². The summed E-state index contributed by atoms with van der Waals surface area (Å²) in [6, 6.07) is 20.4. The Morgan fingerprint density at radius 1 is 0.816 bits per heavy atom. The fourth-order valence-corrected chi connectivity index (χ4v) is 5.13. The number of pyridine rings is 1. The first-order chi connectivity index (χ1) is 18.6. The van der Waals surface area contributed by atoms with Crippen LogP contribution >= 0.6 is 0 Å². The molecule has 6 rings (SSSR count). The van der Waals surface area contributed by atoms with E-state index in [4.69, 9.17) is 29.4 Å². The number of hydrogen-bond donors (Lipinski definition) is 0. The molecule has 2 fully saturated rings. The third-order valence-corrected chi connectivity index (χ3v) is 7.10. The quantitative estimate of drug-likeness (QED) is 0.368. The molecular weight excluding hydrogens is 478 g/mol. The topological polar surface area (TPSA) is 72.8 Å². The monoisotopic (exact) mass is 511 g/mol. The average Bonchev–Trinajstić information content (AvgIpc) is 2.96. The molecule has 2 saturated heterocycles. The van der Waals surface area contributed by atoms with Crippen molar-refractivity contribution < 1.29 is 14.2 Å². The first kappa shape index (κ1) is 24.6. The number of hydrogen-bond acceptors (Lipinski definition) is 8. The summed E-state index contributed by atoms with van der Waals surface area (Å²) in [6.07, 6.45) is 2.24. The third-order valence-electron chi connectivity index (χ3n) is 7.10. The zero-order chi connectivity index (χ0) is 25.9. The van der Waals surface area contributed by atoms with E-state index in [2.05, 4.69) is 54.0 Å². The van der Waals surface area contributed by atoms with Crippen LogP contribution in [0.5, 0.6) is 5.75 Å². The van der Waals surface area contributed by atoms with E-state index in [1.165, 1.54) is 0 Å². The molecule has 4 aromatic rings. The van der Waals surface area contributed by atoms with Gasteiger partial charge in [-0.2, -0.15) is 0 Å². The van der Waals surface area contributed by atoms with Gasteiger partial charge in [0.15, 0.2) is 11.6 Å². The van der Waals surface area contributed by atoms with Crippen molar-refractivity contribution in [3.05, 3.63) is 72.4 Å². The Balaban J connectivity index is 1.33. The van der Waals surface area contributed by atoms with Crippen LogP contribution in [0.2, 0.25) is 0 Å². The van der Waals surface area contributed by atoms with Crippen molar-refractivity contribution in [3.8, 4) is 17.0 Å². The Hall–Kier alpha value is -3.75. The van der Waals surface area contributed by atoms with Gasteiger partial charge in [0.2, 0.25) is 0 Å². The molecule has 0 bridgehead atoms. The minimum atomic E-state index is 0.144. The van der Waals surface area contributed by atoms with Crippen molar-refractivity contribution in [2.45, 2.75) is 32.7 Å². The number of morpholine rings is 2. The number of rotatable bonds is 6. The summed E-state index contributed by atoms with van der Waals surface area (Å²) in [5, 5.41) is 11.5. The third kappa shape index (κ3) is 5.28. The first-order valence-electron chi connectivity index (χ1n) is 13.3. The van der Waals surface area contributed by atoms with Gasteiger partial charge in [0.25, 0.3) is 0 Å². The highest BCUT2D eigenvalue weighted by atomic mass is 16.5. The highest BCUT2D eigenvalue weighted by Crippen LogP contribution is 2.34. The van der Waals surface area contributed by atoms with Crippen molar-refractivity contribution in [3.63, 3.8) is 0 Å². The summed E-state index contributed by atoms with van der Waals surface area (Å²) in [7, 11) is 0. The Bertz CT molecular complexity index is 1380. The van der Waals surface area contributed by atoms with Gasteiger partial charge in [0.1, 0.15) is 12.4 Å². The van der Waals surface area contributed by atoms with E-state index < -0.39 is 0 Å². The molecule has 0 saturated carbocycles. The van der Waals surface area contributed by atoms with Gasteiger partial charge in [-0.15, -0.1) is 10.2 Å². The Morgan fingerprint density at radius 3 is 2.08 bits per heavy atom. The molecule has 8 nitrogen and oxygen atoms in total. The second kappa shape index (κ2) is 10.9. The molecule has 0 radical (unpaired) electrons. The largest absolute Gasteiger partial charge is 0.489 e. The van der Waals surface area contributed by atoms with Crippen LogP contribution in [0.3, 0.4) is 0 Å². The summed E-state index contributed by atoms with van der Waals surface area (Å²) in [5.74, 6) is 2.58. The van der Waals surface area contributed by atoms with Crippen LogP contribution in [-0.4, -0.2) is 66.8 Å². The van der Waals surface area contributed by atoms with Gasteiger partial charge in [-0.05, 0) is 49.7 Å². The van der Waals surface area contributed by atoms with E-state index in [1.807, 2.05) is 36.5 Å². The molecule has 2 aliphatic rings. The molecule has 0 aliphatic carbocycles. The van der Waals surface area contributed by atoms with Crippen LogP contribution in [-0.2, 0) is 16.1 Å². The fraction of sp³-hybridized carbons (Fsp3) is 0.367. The number of fused-ring (bicyclic) bond motifs is 1. The zero-order valence-corrected chi connectivity index (χ0v) is 21.9. The van der Waals surface area contributed by atoms with E-state index in [0.717, 1.165) is 71.2 Å². The molecule has 2 unspecified atom stereocenters. The molecule has 0 spiro atoms. The standard InChI is InChI=1S/C30H33N5O3/c1-21-18-34(12-14-36-21)29-26-16-28(24-8-10-25(11-9-24)38-20-23-6-4-3-5-7-23)31-17-27(26)30(33-32-29)35-13-15-37-22(2)19-35/h3-11,16-17,21-22H,12-15,18-20H2,1-2H3. The van der Waals surface area contributed by atoms with E-state index in [-0.39, 0.29) is 12.2 Å². The maximum absolute atomic E-state index is 5.98. The van der Waals surface area contributed by atoms with Crippen molar-refractivity contribution in [1.82, 2.24) is 15.2 Å². The van der Waals surface area contributed by atoms with Gasteiger partial charge >= 0.3 is 0 Å². The number of benzene rings is 2. The Kier molecular flexibility index (Phi) is 7.07. The van der Waals surface area contributed by atoms with Gasteiger partial charge in [-0.25, -0.2) is 0 Å². The first-order valence-corrected chi connectivity index (χ1v) is 13.3. The molecule has 2 aromatic carbocycles. The van der Waals surface area contributed by atoms with Gasteiger partial charge in [0, 0.05) is 48.7 Å². The maximum Gasteiger partial charge on any atom is 0.161 e. The number of anilines is 2. The summed E-state index contributed by atoms with van der Waals surface area (Å²) in [5.41, 5.74) is 3.06. The lowest BCUT2D eigenvalue weighted by Gasteiger charge is -2.34. The van der Waals surface area contributed by atoms with Gasteiger partial charge < -0.3 is 24.0 Å². The van der Waals surface area contributed by atoms with Gasteiger partial charge in [0.05, 0.1) is 31.1 Å². The smallest absolute Gasteiger partial charge is 0.161 e. The second-order valence-electron chi connectivity index (χ2n) is 10.0. The molecule has 196 valence electrons. The van der Waals surface area contributed by atoms with Crippen molar-refractivity contribution >= 4 is 22.4 Å². The molecule has 2 aromatic heterocycles. The van der Waals surface area contributed by atoms with E-state index in [9.17, 15) is 0 Å². The summed E-state index contributed by atoms with van der Waals surface area (Å²) in [4.78, 5) is 9.40. The highest BCUT2D eigenvalue weighted by Gasteiger charge is 2.25. The van der Waals surface area contributed by atoms with Crippen LogP contribution < -0.4 is 14.5 Å². The van der Waals surface area contributed by atoms with E-state index in [1.54, 1.807) is 0 Å². The Labute approximate surface area is 223 Å². The lowest BCUT2D eigenvalue weighted by molar-refractivity contribution is 0.0524. The molecule has 2 atom stereocenters. The van der Waals surface area contributed by atoms with Crippen LogP contribution in [0.25, 0.3) is 22.0 Å². The fourth-order valence-electron chi connectivity index (χ4n) is 5.13. The number of nitrogens with zero attached hydrogens (tertiary/aromatic N) is 5. The molecule has 0 amide bonds. The van der Waals surface area contributed by atoms with Crippen LogP contribution in [0.4, 0.5) is 11.6 Å². The summed E-state index contributed by atoms with van der Waals surface area (Å²) >= 11 is 0. The molecule has 8 heteroatoms. The van der Waals surface area contributed by atoms with Crippen molar-refractivity contribution in [1.29, 1.82) is 0 Å². The van der Waals surface area contributed by atoms with Crippen molar-refractivity contribution in [2.75, 3.05) is 49.2 Å². The minimum absolute atomic E-state index is 0.144. The summed E-state index contributed by atoms with van der Waals surface area (Å²) in [6.45, 7) is 9.22. The maximum atomic E-state index is 5.98. The van der Waals surface area contributed by atoms with E-state index in [0.29, 0.717) is 19.8 Å². The van der Waals surface area contributed by atoms with Crippen molar-refractivity contribution in [2.24, 2.45) is 0 Å². The van der Waals surface area contributed by atoms with Crippen LogP contribution in [0.15, 0.2) is 66.9 Å². The zero-order valence-electron chi connectivity index (χ0n) is 21.9. The highest BCUT2D eigenvalue weighted by molar-refractivity contribution is 6.00. The normalized spacial score (nSPS) is 20.1. The molecule has 0 N–H and O–H groups in total. The Morgan fingerprint density at radius 2 is 1.45 bits per heavy atom. The number of ether oxygens (including phenoxy) is 3.